The number of unbranched alkanes of at least 4 members (excludes halogenated alkanes) is 1. The molecule has 156 valence electrons. The van der Waals surface area contributed by atoms with E-state index in [1.165, 1.54) is 0 Å². The Morgan fingerprint density at radius 1 is 1.03 bits per heavy atom. The van der Waals surface area contributed by atoms with E-state index >= 15 is 0 Å². The highest BCUT2D eigenvalue weighted by Crippen LogP contribution is 2.15. The van der Waals surface area contributed by atoms with Gasteiger partial charge in [0.1, 0.15) is 0 Å². The van der Waals surface area contributed by atoms with Crippen molar-refractivity contribution >= 4 is 16.5 Å². The molecule has 3 rings (SSSR count). The van der Waals surface area contributed by atoms with Crippen LogP contribution in [0.5, 0.6) is 0 Å². The number of terminal acetylenes is 2. The quantitative estimate of drug-likeness (QED) is 0.225. The van der Waals surface area contributed by atoms with Gasteiger partial charge in [0.25, 0.3) is 11.4 Å². The van der Waals surface area contributed by atoms with Crippen LogP contribution in [-0.2, 0) is 6.54 Å². The Morgan fingerprint density at radius 3 is 2.53 bits per heavy atom. The van der Waals surface area contributed by atoms with Crippen LogP contribution in [0.15, 0.2) is 73.6 Å². The zero-order chi connectivity index (χ0) is 22.8. The number of aryl methyl sites for hydroxylation is 2. The van der Waals surface area contributed by atoms with Crippen LogP contribution in [0.25, 0.3) is 10.8 Å². The summed E-state index contributed by atoms with van der Waals surface area (Å²) in [5.41, 5.74) is 4.11. The summed E-state index contributed by atoms with van der Waals surface area (Å²) in [6.07, 6.45) is 17.2. The Kier molecular flexibility index (Phi) is 8.03. The summed E-state index contributed by atoms with van der Waals surface area (Å²) < 4.78 is 4.24. The summed E-state index contributed by atoms with van der Waals surface area (Å²) in [7, 11) is 0. The Balaban J connectivity index is 2.21. The van der Waals surface area contributed by atoms with E-state index < -0.39 is 0 Å². The highest BCUT2D eigenvalue weighted by atomic mass is 15.0. The maximum atomic E-state index is 5.53. The second-order valence-electron chi connectivity index (χ2n) is 7.50. The Morgan fingerprint density at radius 2 is 1.78 bits per heavy atom. The maximum absolute atomic E-state index is 5.53. The van der Waals surface area contributed by atoms with Gasteiger partial charge in [-0.3, -0.25) is 0 Å². The topological polar surface area (TPSA) is 6.89 Å². The minimum absolute atomic E-state index is 0.615. The van der Waals surface area contributed by atoms with Crippen molar-refractivity contribution in [1.82, 2.24) is 0 Å². The molecule has 0 N–H and O–H groups in total. The van der Waals surface area contributed by atoms with Gasteiger partial charge in [-0.05, 0) is 36.6 Å². The van der Waals surface area contributed by atoms with Crippen molar-refractivity contribution in [3.8, 4) is 36.5 Å². The molecule has 1 aromatic heterocycles. The van der Waals surface area contributed by atoms with Crippen LogP contribution in [0.1, 0.15) is 36.1 Å². The normalized spacial score (nSPS) is 11.0. The summed E-state index contributed by atoms with van der Waals surface area (Å²) in [5.74, 6) is 12.4. The molecule has 0 aliphatic rings. The smallest absolute Gasteiger partial charge is 0.191 e. The van der Waals surface area contributed by atoms with Crippen molar-refractivity contribution in [2.75, 3.05) is 6.54 Å². The first kappa shape index (κ1) is 22.6. The molecular formula is C30H28N2+2. The maximum Gasteiger partial charge on any atom is 0.265 e. The third kappa shape index (κ3) is 5.35. The predicted molar refractivity (Wildman–Crippen MR) is 133 cm³/mol. The Hall–Kier alpha value is -4.06. The molecule has 0 fully saturated rings. The van der Waals surface area contributed by atoms with Crippen LogP contribution in [0.2, 0.25) is 0 Å². The monoisotopic (exact) mass is 416 g/mol. The molecule has 0 radical (unpaired) electrons. The van der Waals surface area contributed by atoms with E-state index in [0.29, 0.717) is 13.0 Å². The summed E-state index contributed by atoms with van der Waals surface area (Å²) in [6, 6.07) is 18.7. The largest absolute Gasteiger partial charge is 0.265 e. The van der Waals surface area contributed by atoms with Gasteiger partial charge in [0.15, 0.2) is 25.5 Å². The fraction of sp³-hybridized carbons (Fsp3) is 0.200. The van der Waals surface area contributed by atoms with Crippen molar-refractivity contribution in [2.45, 2.75) is 32.7 Å². The lowest BCUT2D eigenvalue weighted by molar-refractivity contribution is -0.698. The molecule has 0 aliphatic carbocycles. The number of pyridine rings is 1. The lowest BCUT2D eigenvalue weighted by Gasteiger charge is -2.05. The summed E-state index contributed by atoms with van der Waals surface area (Å²) in [4.78, 5) is 0. The standard InChI is InChI=1S/C30H28N2/c1-5-8-14-23-32-24-21-26-16-11-13-18-28(26)30(32)20-19-29(31(7-3)22-9-6-2)27-17-12-10-15-25(27)4/h1-2,7,10-13,15-18,21,24H,3,8-9,14,22-23H2,4H3/q+2. The molecule has 0 amide bonds. The zero-order valence-electron chi connectivity index (χ0n) is 18.6. The predicted octanol–water partition coefficient (Wildman–Crippen LogP) is 4.87. The number of rotatable bonds is 7. The van der Waals surface area contributed by atoms with Gasteiger partial charge in [0.2, 0.25) is 0 Å². The lowest BCUT2D eigenvalue weighted by Crippen LogP contribution is -2.37. The molecule has 0 saturated heterocycles. The molecule has 2 nitrogen and oxygen atoms in total. The van der Waals surface area contributed by atoms with Gasteiger partial charge < -0.3 is 0 Å². The Bertz CT molecular complexity index is 1300. The molecule has 0 aliphatic heterocycles. The van der Waals surface area contributed by atoms with Crippen LogP contribution in [0, 0.1) is 43.5 Å². The molecule has 2 aromatic carbocycles. The summed E-state index contributed by atoms with van der Waals surface area (Å²) >= 11 is 0. The van der Waals surface area contributed by atoms with Crippen LogP contribution in [0.4, 0.5) is 0 Å². The molecule has 3 aromatic rings. The molecule has 0 unspecified atom stereocenters. The second-order valence-corrected chi connectivity index (χ2v) is 7.50. The molecule has 0 spiro atoms. The minimum Gasteiger partial charge on any atom is -0.191 e. The molecular weight excluding hydrogens is 388 g/mol. The van der Waals surface area contributed by atoms with E-state index in [0.717, 1.165) is 52.7 Å². The lowest BCUT2D eigenvalue weighted by atomic mass is 10.0. The Labute approximate surface area is 191 Å². The van der Waals surface area contributed by atoms with Gasteiger partial charge in [0.05, 0.1) is 17.4 Å². The fourth-order valence-electron chi connectivity index (χ4n) is 3.66. The van der Waals surface area contributed by atoms with Gasteiger partial charge in [-0.2, -0.15) is 9.14 Å². The second kappa shape index (κ2) is 11.4. The number of fused-ring (bicyclic) bond motifs is 1. The zero-order valence-corrected chi connectivity index (χ0v) is 18.6. The fourth-order valence-corrected chi connectivity index (χ4v) is 3.66. The van der Waals surface area contributed by atoms with E-state index in [2.05, 4.69) is 78.3 Å². The van der Waals surface area contributed by atoms with Gasteiger partial charge >= 0.3 is 0 Å². The van der Waals surface area contributed by atoms with Crippen LogP contribution in [0.3, 0.4) is 0 Å². The molecule has 2 heteroatoms. The molecule has 0 bridgehead atoms. The van der Waals surface area contributed by atoms with Gasteiger partial charge in [0, 0.05) is 30.7 Å². The summed E-state index contributed by atoms with van der Waals surface area (Å²) in [6.45, 7) is 7.58. The van der Waals surface area contributed by atoms with E-state index in [1.54, 1.807) is 6.20 Å². The highest BCUT2D eigenvalue weighted by molar-refractivity contribution is 6.11. The van der Waals surface area contributed by atoms with Crippen molar-refractivity contribution in [2.24, 2.45) is 0 Å². The van der Waals surface area contributed by atoms with E-state index in [4.69, 9.17) is 12.8 Å². The third-order valence-corrected chi connectivity index (χ3v) is 5.36. The van der Waals surface area contributed by atoms with Crippen molar-refractivity contribution < 1.29 is 9.14 Å². The van der Waals surface area contributed by atoms with Gasteiger partial charge in [-0.1, -0.05) is 36.4 Å². The number of hydrogen-bond donors (Lipinski definition) is 0. The number of aromatic nitrogens is 1. The molecule has 0 saturated carbocycles. The van der Waals surface area contributed by atoms with E-state index in [9.17, 15) is 0 Å². The minimum atomic E-state index is 0.615. The number of nitrogens with zero attached hydrogens (tertiary/aromatic N) is 2. The van der Waals surface area contributed by atoms with Gasteiger partial charge in [-0.15, -0.1) is 24.7 Å². The van der Waals surface area contributed by atoms with Gasteiger partial charge in [-0.25, -0.2) is 0 Å². The number of hydrogen-bond acceptors (Lipinski definition) is 0. The summed E-state index contributed by atoms with van der Waals surface area (Å²) in [5, 5.41) is 2.29. The first-order valence-electron chi connectivity index (χ1n) is 10.8. The van der Waals surface area contributed by atoms with Crippen LogP contribution < -0.4 is 4.57 Å². The molecule has 32 heavy (non-hydrogen) atoms. The SMILES string of the molecule is C#CCCC[n+]1ccc2ccccc2c1C#CC(c1ccccc1C)=[N+](C=C)CCC#C. The first-order valence-corrected chi connectivity index (χ1v) is 10.8. The highest BCUT2D eigenvalue weighted by Gasteiger charge is 2.17. The number of benzene rings is 2. The van der Waals surface area contributed by atoms with E-state index in [1.807, 2.05) is 28.8 Å². The van der Waals surface area contributed by atoms with Crippen molar-refractivity contribution in [1.29, 1.82) is 0 Å². The van der Waals surface area contributed by atoms with Crippen molar-refractivity contribution in [3.63, 3.8) is 0 Å². The molecule has 0 atom stereocenters. The first-order chi connectivity index (χ1) is 15.7. The van der Waals surface area contributed by atoms with Crippen molar-refractivity contribution in [3.05, 3.63) is 90.4 Å². The van der Waals surface area contributed by atoms with E-state index in [-0.39, 0.29) is 0 Å². The average Bonchev–Trinajstić information content (AvgIpc) is 2.82. The van der Waals surface area contributed by atoms with Crippen LogP contribution in [-0.4, -0.2) is 16.8 Å². The van der Waals surface area contributed by atoms with Crippen LogP contribution >= 0.6 is 0 Å². The molecule has 1 heterocycles. The third-order valence-electron chi connectivity index (χ3n) is 5.36. The average molecular weight is 417 g/mol.